The van der Waals surface area contributed by atoms with Gasteiger partial charge in [-0.2, -0.15) is 0 Å². The lowest BCUT2D eigenvalue weighted by atomic mass is 9.88. The molecule has 0 aromatic heterocycles. The Morgan fingerprint density at radius 2 is 2.11 bits per heavy atom. The van der Waals surface area contributed by atoms with Gasteiger partial charge in [0.1, 0.15) is 5.78 Å². The van der Waals surface area contributed by atoms with Gasteiger partial charge >= 0.3 is 0 Å². The van der Waals surface area contributed by atoms with Gasteiger partial charge in [-0.05, 0) is 43.4 Å². The topological polar surface area (TPSA) is 26.3 Å². The lowest BCUT2D eigenvalue weighted by Crippen LogP contribution is -2.11. The van der Waals surface area contributed by atoms with Crippen LogP contribution >= 0.6 is 0 Å². The van der Waals surface area contributed by atoms with Gasteiger partial charge in [0.15, 0.2) is 0 Å². The molecule has 2 fully saturated rings. The first kappa shape index (κ1) is 14.0. The average Bonchev–Trinajstić information content (AvgIpc) is 2.89. The summed E-state index contributed by atoms with van der Waals surface area (Å²) in [7, 11) is 1.82. The fraction of sp³-hybridized carbons (Fsp3) is 0.938. The number of fused-ring (bicyclic) bond motifs is 1. The molecule has 2 aliphatic carbocycles. The summed E-state index contributed by atoms with van der Waals surface area (Å²) in [6.45, 7) is 2.19. The summed E-state index contributed by atoms with van der Waals surface area (Å²) in [5.41, 5.74) is 0. The molecule has 0 aromatic rings. The minimum Gasteiger partial charge on any atom is -0.381 e. The number of hydrogen-bond acceptors (Lipinski definition) is 2. The molecule has 0 saturated heterocycles. The van der Waals surface area contributed by atoms with E-state index in [0.29, 0.717) is 11.9 Å². The number of carbonyl (C=O) groups excluding carboxylic acids is 1. The maximum absolute atomic E-state index is 11.5. The van der Waals surface area contributed by atoms with E-state index >= 15 is 0 Å². The van der Waals surface area contributed by atoms with E-state index in [-0.39, 0.29) is 0 Å². The lowest BCUT2D eigenvalue weighted by Gasteiger charge is -2.18. The van der Waals surface area contributed by atoms with E-state index in [0.717, 1.165) is 37.0 Å². The lowest BCUT2D eigenvalue weighted by molar-refractivity contribution is -0.118. The highest BCUT2D eigenvalue weighted by atomic mass is 16.5. The molecule has 2 saturated carbocycles. The molecule has 2 heteroatoms. The fourth-order valence-corrected chi connectivity index (χ4v) is 4.09. The van der Waals surface area contributed by atoms with E-state index < -0.39 is 0 Å². The van der Waals surface area contributed by atoms with E-state index in [9.17, 15) is 4.79 Å². The van der Waals surface area contributed by atoms with Crippen LogP contribution in [0.2, 0.25) is 0 Å². The molecule has 0 bridgehead atoms. The smallest absolute Gasteiger partial charge is 0.133 e. The van der Waals surface area contributed by atoms with Gasteiger partial charge in [-0.3, -0.25) is 4.79 Å². The van der Waals surface area contributed by atoms with Crippen molar-refractivity contribution in [3.05, 3.63) is 0 Å². The molecule has 2 aliphatic rings. The molecule has 2 nitrogen and oxygen atoms in total. The van der Waals surface area contributed by atoms with Gasteiger partial charge in [0.25, 0.3) is 0 Å². The van der Waals surface area contributed by atoms with Crippen molar-refractivity contribution in [1.29, 1.82) is 0 Å². The molecule has 0 heterocycles. The van der Waals surface area contributed by atoms with Crippen molar-refractivity contribution in [1.82, 2.24) is 0 Å². The molecule has 2 rings (SSSR count). The van der Waals surface area contributed by atoms with Crippen molar-refractivity contribution in [2.24, 2.45) is 17.8 Å². The van der Waals surface area contributed by atoms with Crippen LogP contribution in [0.25, 0.3) is 0 Å². The molecular formula is C16H28O2. The molecule has 0 aliphatic heterocycles. The second-order valence-electron chi connectivity index (χ2n) is 6.26. The monoisotopic (exact) mass is 252 g/mol. The fourth-order valence-electron chi connectivity index (χ4n) is 4.09. The maximum atomic E-state index is 11.5. The van der Waals surface area contributed by atoms with Crippen LogP contribution in [0.4, 0.5) is 0 Å². The van der Waals surface area contributed by atoms with Gasteiger partial charge in [0.2, 0.25) is 0 Å². The first-order valence-electron chi connectivity index (χ1n) is 7.79. The van der Waals surface area contributed by atoms with Gasteiger partial charge in [0, 0.05) is 20.0 Å². The highest BCUT2D eigenvalue weighted by molar-refractivity contribution is 5.81. The van der Waals surface area contributed by atoms with Crippen LogP contribution in [0.1, 0.15) is 64.7 Å². The van der Waals surface area contributed by atoms with Crippen molar-refractivity contribution in [2.75, 3.05) is 7.11 Å². The van der Waals surface area contributed by atoms with Crippen molar-refractivity contribution < 1.29 is 9.53 Å². The maximum Gasteiger partial charge on any atom is 0.133 e. The SMILES string of the molecule is CC[C@H](CCCC[C@H]1CC[C@H]2CC(=O)C[C@@H]12)OC. The summed E-state index contributed by atoms with van der Waals surface area (Å²) >= 11 is 0. The van der Waals surface area contributed by atoms with Gasteiger partial charge < -0.3 is 4.74 Å². The van der Waals surface area contributed by atoms with Gasteiger partial charge in [-0.15, -0.1) is 0 Å². The van der Waals surface area contributed by atoms with Gasteiger partial charge in [-0.25, -0.2) is 0 Å². The van der Waals surface area contributed by atoms with Crippen molar-refractivity contribution >= 4 is 5.78 Å². The van der Waals surface area contributed by atoms with E-state index in [4.69, 9.17) is 4.74 Å². The van der Waals surface area contributed by atoms with E-state index in [1.807, 2.05) is 7.11 Å². The number of ketones is 1. The van der Waals surface area contributed by atoms with E-state index in [1.165, 1.54) is 38.5 Å². The standard InChI is InChI=1S/C16H28O2/c1-3-15(18-2)7-5-4-6-12-8-9-13-10-14(17)11-16(12)13/h12-13,15-16H,3-11H2,1-2H3/t12-,13-,15+,16-/m0/s1. The minimum atomic E-state index is 0.453. The zero-order valence-corrected chi connectivity index (χ0v) is 12.0. The zero-order chi connectivity index (χ0) is 13.0. The number of unbranched alkanes of at least 4 members (excludes halogenated alkanes) is 1. The second-order valence-corrected chi connectivity index (χ2v) is 6.26. The number of rotatable bonds is 7. The molecule has 0 N–H and O–H groups in total. The Morgan fingerprint density at radius 3 is 2.83 bits per heavy atom. The number of ether oxygens (including phenoxy) is 1. The van der Waals surface area contributed by atoms with Crippen LogP contribution in [0.3, 0.4) is 0 Å². The number of hydrogen-bond donors (Lipinski definition) is 0. The van der Waals surface area contributed by atoms with Crippen LogP contribution in [0.5, 0.6) is 0 Å². The highest BCUT2D eigenvalue weighted by Crippen LogP contribution is 2.47. The molecule has 0 spiro atoms. The van der Waals surface area contributed by atoms with Crippen molar-refractivity contribution in [3.63, 3.8) is 0 Å². The summed E-state index contributed by atoms with van der Waals surface area (Å²) < 4.78 is 5.41. The van der Waals surface area contributed by atoms with Crippen LogP contribution in [0, 0.1) is 17.8 Å². The van der Waals surface area contributed by atoms with Crippen molar-refractivity contribution in [3.8, 4) is 0 Å². The Kier molecular flexibility index (Phi) is 5.23. The second kappa shape index (κ2) is 6.70. The van der Waals surface area contributed by atoms with Crippen molar-refractivity contribution in [2.45, 2.75) is 70.8 Å². The van der Waals surface area contributed by atoms with Crippen LogP contribution in [-0.2, 0) is 9.53 Å². The third-order valence-electron chi connectivity index (χ3n) is 5.21. The summed E-state index contributed by atoms with van der Waals surface area (Å²) in [5.74, 6) is 2.89. The molecular weight excluding hydrogens is 224 g/mol. The molecule has 0 unspecified atom stereocenters. The van der Waals surface area contributed by atoms with Crippen LogP contribution in [0.15, 0.2) is 0 Å². The van der Waals surface area contributed by atoms with E-state index in [2.05, 4.69) is 6.92 Å². The molecule has 0 amide bonds. The first-order chi connectivity index (χ1) is 8.74. The Bertz CT molecular complexity index is 270. The minimum absolute atomic E-state index is 0.453. The zero-order valence-electron chi connectivity index (χ0n) is 12.0. The molecule has 4 atom stereocenters. The van der Waals surface area contributed by atoms with Gasteiger partial charge in [-0.1, -0.05) is 26.2 Å². The Balaban J connectivity index is 1.64. The normalized spacial score (nSPS) is 32.8. The van der Waals surface area contributed by atoms with E-state index in [1.54, 1.807) is 0 Å². The molecule has 104 valence electrons. The van der Waals surface area contributed by atoms with Gasteiger partial charge in [0.05, 0.1) is 6.10 Å². The summed E-state index contributed by atoms with van der Waals surface area (Å²) in [5, 5.41) is 0. The molecule has 0 radical (unpaired) electrons. The predicted octanol–water partition coefficient (Wildman–Crippen LogP) is 3.98. The molecule has 18 heavy (non-hydrogen) atoms. The van der Waals surface area contributed by atoms with Crippen LogP contribution < -0.4 is 0 Å². The third-order valence-corrected chi connectivity index (χ3v) is 5.21. The average molecular weight is 252 g/mol. The summed E-state index contributed by atoms with van der Waals surface area (Å²) in [6.07, 6.45) is 11.2. The Labute approximate surface area is 111 Å². The Hall–Kier alpha value is -0.370. The summed E-state index contributed by atoms with van der Waals surface area (Å²) in [4.78, 5) is 11.5. The number of Topliss-reactive ketones (excluding diaryl/α,β-unsaturated/α-hetero) is 1. The quantitative estimate of drug-likeness (QED) is 0.641. The summed E-state index contributed by atoms with van der Waals surface area (Å²) in [6, 6.07) is 0. The highest BCUT2D eigenvalue weighted by Gasteiger charge is 2.42. The van der Waals surface area contributed by atoms with Crippen LogP contribution in [-0.4, -0.2) is 19.0 Å². The number of methoxy groups -OCH3 is 1. The Morgan fingerprint density at radius 1 is 1.28 bits per heavy atom. The predicted molar refractivity (Wildman–Crippen MR) is 73.5 cm³/mol. The first-order valence-corrected chi connectivity index (χ1v) is 7.79. The number of carbonyl (C=O) groups is 1. The third kappa shape index (κ3) is 3.34. The largest absolute Gasteiger partial charge is 0.381 e. The molecule has 0 aromatic carbocycles.